The molecule has 0 saturated heterocycles. The number of rotatable bonds is 4. The first-order valence-corrected chi connectivity index (χ1v) is 8.19. The predicted octanol–water partition coefficient (Wildman–Crippen LogP) is 3.93. The zero-order valence-corrected chi connectivity index (χ0v) is 13.8. The Bertz CT molecular complexity index is 742. The van der Waals surface area contributed by atoms with E-state index in [0.717, 1.165) is 26.8 Å². The highest BCUT2D eigenvalue weighted by molar-refractivity contribution is 9.10. The summed E-state index contributed by atoms with van der Waals surface area (Å²) in [6, 6.07) is 12.1. The van der Waals surface area contributed by atoms with Gasteiger partial charge >= 0.3 is 0 Å². The van der Waals surface area contributed by atoms with Crippen molar-refractivity contribution in [2.75, 3.05) is 0 Å². The standard InChI is InChI=1S/C15H13BrN4S/c1-20-14(11-6-8-17-9-7-11)18-19-15(20)21-10-12-4-2-3-5-13(12)16/h2-9H,10H2,1H3. The van der Waals surface area contributed by atoms with Gasteiger partial charge in [-0.25, -0.2) is 0 Å². The average Bonchev–Trinajstić information content (AvgIpc) is 2.88. The molecule has 1 aromatic carbocycles. The van der Waals surface area contributed by atoms with Crippen LogP contribution in [0.3, 0.4) is 0 Å². The van der Waals surface area contributed by atoms with Gasteiger partial charge in [0.15, 0.2) is 11.0 Å². The lowest BCUT2D eigenvalue weighted by Gasteiger charge is -2.05. The number of hydrogen-bond donors (Lipinski definition) is 0. The SMILES string of the molecule is Cn1c(SCc2ccccc2Br)nnc1-c1ccncc1. The molecule has 0 spiro atoms. The molecule has 0 atom stereocenters. The van der Waals surface area contributed by atoms with Crippen LogP contribution in [0, 0.1) is 0 Å². The van der Waals surface area contributed by atoms with E-state index in [-0.39, 0.29) is 0 Å². The van der Waals surface area contributed by atoms with E-state index in [9.17, 15) is 0 Å². The second kappa shape index (κ2) is 6.41. The van der Waals surface area contributed by atoms with Gasteiger partial charge in [-0.1, -0.05) is 45.9 Å². The van der Waals surface area contributed by atoms with Gasteiger partial charge in [0.1, 0.15) is 0 Å². The molecule has 2 heterocycles. The molecular weight excluding hydrogens is 348 g/mol. The van der Waals surface area contributed by atoms with Crippen LogP contribution < -0.4 is 0 Å². The fourth-order valence-corrected chi connectivity index (χ4v) is 3.48. The predicted molar refractivity (Wildman–Crippen MR) is 87.9 cm³/mol. The van der Waals surface area contributed by atoms with E-state index >= 15 is 0 Å². The van der Waals surface area contributed by atoms with Crippen molar-refractivity contribution >= 4 is 27.7 Å². The largest absolute Gasteiger partial charge is 0.305 e. The topological polar surface area (TPSA) is 43.6 Å². The molecule has 0 fully saturated rings. The molecular formula is C15H13BrN4S. The van der Waals surface area contributed by atoms with Crippen molar-refractivity contribution in [1.29, 1.82) is 0 Å². The second-order valence-corrected chi connectivity index (χ2v) is 6.28. The van der Waals surface area contributed by atoms with Crippen LogP contribution in [-0.2, 0) is 12.8 Å². The maximum Gasteiger partial charge on any atom is 0.191 e. The summed E-state index contributed by atoms with van der Waals surface area (Å²) in [5.74, 6) is 1.70. The highest BCUT2D eigenvalue weighted by Gasteiger charge is 2.11. The van der Waals surface area contributed by atoms with Gasteiger partial charge in [-0.3, -0.25) is 4.98 Å². The zero-order chi connectivity index (χ0) is 14.7. The van der Waals surface area contributed by atoms with E-state index in [1.807, 2.05) is 35.9 Å². The van der Waals surface area contributed by atoms with Crippen LogP contribution in [0.15, 0.2) is 58.4 Å². The summed E-state index contributed by atoms with van der Waals surface area (Å²) in [6.07, 6.45) is 3.52. The van der Waals surface area contributed by atoms with Gasteiger partial charge in [-0.2, -0.15) is 0 Å². The van der Waals surface area contributed by atoms with Crippen LogP contribution in [0.1, 0.15) is 5.56 Å². The van der Waals surface area contributed by atoms with E-state index in [1.54, 1.807) is 24.2 Å². The molecule has 6 heteroatoms. The summed E-state index contributed by atoms with van der Waals surface area (Å²) in [4.78, 5) is 4.03. The summed E-state index contributed by atoms with van der Waals surface area (Å²) < 4.78 is 3.13. The highest BCUT2D eigenvalue weighted by Crippen LogP contribution is 2.27. The monoisotopic (exact) mass is 360 g/mol. The van der Waals surface area contributed by atoms with Gasteiger partial charge in [-0.15, -0.1) is 10.2 Å². The quantitative estimate of drug-likeness (QED) is 0.661. The van der Waals surface area contributed by atoms with Crippen molar-refractivity contribution in [3.05, 3.63) is 58.8 Å². The minimum absolute atomic E-state index is 0.851. The van der Waals surface area contributed by atoms with E-state index in [0.29, 0.717) is 0 Å². The number of pyridine rings is 1. The van der Waals surface area contributed by atoms with Gasteiger partial charge in [0.05, 0.1) is 0 Å². The van der Waals surface area contributed by atoms with E-state index in [2.05, 4.69) is 43.2 Å². The number of hydrogen-bond acceptors (Lipinski definition) is 4. The Labute approximate surface area is 135 Å². The Morgan fingerprint density at radius 3 is 2.62 bits per heavy atom. The highest BCUT2D eigenvalue weighted by atomic mass is 79.9. The van der Waals surface area contributed by atoms with Crippen molar-refractivity contribution in [1.82, 2.24) is 19.7 Å². The van der Waals surface area contributed by atoms with Gasteiger partial charge in [-0.05, 0) is 23.8 Å². The Morgan fingerprint density at radius 2 is 1.86 bits per heavy atom. The second-order valence-electron chi connectivity index (χ2n) is 4.48. The van der Waals surface area contributed by atoms with Crippen LogP contribution in [0.25, 0.3) is 11.4 Å². The Balaban J connectivity index is 1.79. The normalized spacial score (nSPS) is 10.8. The van der Waals surface area contributed by atoms with Crippen LogP contribution in [-0.4, -0.2) is 19.7 Å². The molecule has 2 aromatic heterocycles. The molecule has 0 radical (unpaired) electrons. The number of aromatic nitrogens is 4. The number of halogens is 1. The lowest BCUT2D eigenvalue weighted by Crippen LogP contribution is -1.95. The van der Waals surface area contributed by atoms with Crippen LogP contribution in [0.4, 0.5) is 0 Å². The summed E-state index contributed by atoms with van der Waals surface area (Å²) in [5, 5.41) is 9.45. The van der Waals surface area contributed by atoms with Crippen molar-refractivity contribution in [2.45, 2.75) is 10.9 Å². The van der Waals surface area contributed by atoms with Crippen molar-refractivity contribution in [3.63, 3.8) is 0 Å². The van der Waals surface area contributed by atoms with Gasteiger partial charge in [0, 0.05) is 35.2 Å². The fraction of sp³-hybridized carbons (Fsp3) is 0.133. The molecule has 0 aliphatic carbocycles. The molecule has 0 aliphatic heterocycles. The maximum atomic E-state index is 4.28. The lowest BCUT2D eigenvalue weighted by atomic mass is 10.2. The molecule has 4 nitrogen and oxygen atoms in total. The lowest BCUT2D eigenvalue weighted by molar-refractivity contribution is 0.793. The summed E-state index contributed by atoms with van der Waals surface area (Å²) in [6.45, 7) is 0. The smallest absolute Gasteiger partial charge is 0.191 e. The number of benzene rings is 1. The fourth-order valence-electron chi connectivity index (χ4n) is 1.95. The minimum atomic E-state index is 0.851. The van der Waals surface area contributed by atoms with E-state index in [4.69, 9.17) is 0 Å². The van der Waals surface area contributed by atoms with Gasteiger partial charge in [0.2, 0.25) is 0 Å². The summed E-state index contributed by atoms with van der Waals surface area (Å²) in [7, 11) is 1.98. The first-order chi connectivity index (χ1) is 10.3. The molecule has 0 aliphatic rings. The molecule has 3 rings (SSSR count). The molecule has 0 bridgehead atoms. The van der Waals surface area contributed by atoms with Gasteiger partial charge < -0.3 is 4.57 Å². The summed E-state index contributed by atoms with van der Waals surface area (Å²) in [5.41, 5.74) is 2.27. The molecule has 106 valence electrons. The number of thioether (sulfide) groups is 1. The average molecular weight is 361 g/mol. The Morgan fingerprint density at radius 1 is 1.10 bits per heavy atom. The van der Waals surface area contributed by atoms with Gasteiger partial charge in [0.25, 0.3) is 0 Å². The third-order valence-electron chi connectivity index (χ3n) is 3.09. The van der Waals surface area contributed by atoms with E-state index < -0.39 is 0 Å². The van der Waals surface area contributed by atoms with Crippen LogP contribution >= 0.6 is 27.7 Å². The van der Waals surface area contributed by atoms with Crippen molar-refractivity contribution < 1.29 is 0 Å². The Hall–Kier alpha value is -1.66. The van der Waals surface area contributed by atoms with Crippen LogP contribution in [0.2, 0.25) is 0 Å². The molecule has 0 unspecified atom stereocenters. The van der Waals surface area contributed by atoms with Crippen molar-refractivity contribution in [3.8, 4) is 11.4 Å². The molecule has 0 saturated carbocycles. The molecule has 0 amide bonds. The van der Waals surface area contributed by atoms with E-state index in [1.165, 1.54) is 5.56 Å². The number of nitrogens with zero attached hydrogens (tertiary/aromatic N) is 4. The third-order valence-corrected chi connectivity index (χ3v) is 4.93. The van der Waals surface area contributed by atoms with Crippen LogP contribution in [0.5, 0.6) is 0 Å². The molecule has 21 heavy (non-hydrogen) atoms. The zero-order valence-electron chi connectivity index (χ0n) is 11.4. The minimum Gasteiger partial charge on any atom is -0.305 e. The molecule has 3 aromatic rings. The summed E-state index contributed by atoms with van der Waals surface area (Å²) >= 11 is 5.24. The first kappa shape index (κ1) is 14.3. The third kappa shape index (κ3) is 3.16. The molecule has 0 N–H and O–H groups in total. The van der Waals surface area contributed by atoms with Crippen molar-refractivity contribution in [2.24, 2.45) is 7.05 Å². The maximum absolute atomic E-state index is 4.28. The first-order valence-electron chi connectivity index (χ1n) is 6.41. The Kier molecular flexibility index (Phi) is 4.36.